The molecular formula is C21H19FN6OS. The summed E-state index contributed by atoms with van der Waals surface area (Å²) in [5, 5.41) is 9.11. The van der Waals surface area contributed by atoms with Crippen LogP contribution in [0.4, 0.5) is 10.2 Å². The van der Waals surface area contributed by atoms with Crippen LogP contribution in [0.1, 0.15) is 16.2 Å². The Bertz CT molecular complexity index is 1170. The number of aromatic nitrogens is 4. The molecule has 0 spiro atoms. The van der Waals surface area contributed by atoms with Crippen molar-refractivity contribution in [3.05, 3.63) is 77.3 Å². The molecule has 1 N–H and O–H groups in total. The van der Waals surface area contributed by atoms with E-state index in [9.17, 15) is 9.18 Å². The number of hydrogen-bond acceptors (Lipinski definition) is 6. The number of thiophene rings is 1. The first kappa shape index (κ1) is 19.7. The number of amides is 1. The summed E-state index contributed by atoms with van der Waals surface area (Å²) < 4.78 is 15.2. The Morgan fingerprint density at radius 3 is 2.80 bits per heavy atom. The van der Waals surface area contributed by atoms with E-state index in [1.54, 1.807) is 18.3 Å². The van der Waals surface area contributed by atoms with Crippen LogP contribution in [0.3, 0.4) is 0 Å². The average Bonchev–Trinajstić information content (AvgIpc) is 3.42. The van der Waals surface area contributed by atoms with Crippen molar-refractivity contribution in [1.29, 1.82) is 0 Å². The third-order valence-electron chi connectivity index (χ3n) is 4.34. The number of rotatable bonds is 6. The zero-order chi connectivity index (χ0) is 21.1. The minimum atomic E-state index is -0.420. The van der Waals surface area contributed by atoms with Gasteiger partial charge in [-0.1, -0.05) is 18.2 Å². The van der Waals surface area contributed by atoms with Gasteiger partial charge in [-0.2, -0.15) is 0 Å². The highest BCUT2D eigenvalue weighted by atomic mass is 32.1. The van der Waals surface area contributed by atoms with Crippen LogP contribution >= 0.6 is 11.3 Å². The van der Waals surface area contributed by atoms with E-state index in [4.69, 9.17) is 0 Å². The van der Waals surface area contributed by atoms with Crippen LogP contribution < -0.4 is 10.2 Å². The largest absolute Gasteiger partial charge is 0.362 e. The number of hydrogen-bond donors (Lipinski definition) is 1. The fourth-order valence-electron chi connectivity index (χ4n) is 2.99. The first-order valence-corrected chi connectivity index (χ1v) is 10.1. The lowest BCUT2D eigenvalue weighted by Crippen LogP contribution is -2.25. The van der Waals surface area contributed by atoms with Crippen LogP contribution in [0.25, 0.3) is 16.4 Å². The van der Waals surface area contributed by atoms with Crippen LogP contribution in [-0.4, -0.2) is 39.8 Å². The highest BCUT2D eigenvalue weighted by Crippen LogP contribution is 2.26. The first-order valence-electron chi connectivity index (χ1n) is 9.19. The van der Waals surface area contributed by atoms with Crippen molar-refractivity contribution in [2.24, 2.45) is 0 Å². The summed E-state index contributed by atoms with van der Waals surface area (Å²) >= 11 is 1.47. The molecule has 0 radical (unpaired) electrons. The molecule has 0 aliphatic heterocycles. The Hall–Kier alpha value is -3.59. The molecule has 0 aliphatic rings. The van der Waals surface area contributed by atoms with Gasteiger partial charge in [-0.15, -0.1) is 16.4 Å². The van der Waals surface area contributed by atoms with E-state index in [-0.39, 0.29) is 18.2 Å². The van der Waals surface area contributed by atoms with E-state index in [0.29, 0.717) is 11.5 Å². The van der Waals surface area contributed by atoms with Crippen LogP contribution in [0, 0.1) is 5.82 Å². The van der Waals surface area contributed by atoms with Crippen molar-refractivity contribution < 1.29 is 9.18 Å². The van der Waals surface area contributed by atoms with Gasteiger partial charge in [0.15, 0.2) is 5.82 Å². The zero-order valence-electron chi connectivity index (χ0n) is 16.4. The van der Waals surface area contributed by atoms with E-state index >= 15 is 0 Å². The molecule has 3 heterocycles. The van der Waals surface area contributed by atoms with Crippen molar-refractivity contribution in [2.75, 3.05) is 19.0 Å². The average molecular weight is 422 g/mol. The van der Waals surface area contributed by atoms with Crippen LogP contribution in [0.2, 0.25) is 0 Å². The van der Waals surface area contributed by atoms with E-state index < -0.39 is 5.91 Å². The minimum Gasteiger partial charge on any atom is -0.362 e. The maximum Gasteiger partial charge on any atom is 0.291 e. The fourth-order valence-corrected chi connectivity index (χ4v) is 3.69. The van der Waals surface area contributed by atoms with Gasteiger partial charge in [-0.05, 0) is 35.7 Å². The molecule has 4 aromatic rings. The summed E-state index contributed by atoms with van der Waals surface area (Å²) in [7, 11) is 3.78. The third-order valence-corrected chi connectivity index (χ3v) is 5.20. The number of anilines is 1. The lowest BCUT2D eigenvalue weighted by molar-refractivity contribution is 0.0940. The van der Waals surface area contributed by atoms with Crippen molar-refractivity contribution >= 4 is 23.1 Å². The maximum absolute atomic E-state index is 13.8. The summed E-state index contributed by atoms with van der Waals surface area (Å²) in [5.41, 5.74) is 1.37. The Balaban J connectivity index is 1.63. The molecule has 1 aromatic carbocycles. The number of nitrogens with one attached hydrogen (secondary N) is 1. The number of carbonyl (C=O) groups is 1. The molecule has 0 aliphatic carbocycles. The van der Waals surface area contributed by atoms with Gasteiger partial charge in [0, 0.05) is 32.4 Å². The fraction of sp³-hybridized carbons (Fsp3) is 0.143. The number of nitrogens with zero attached hydrogens (tertiary/aromatic N) is 5. The summed E-state index contributed by atoms with van der Waals surface area (Å²) in [4.78, 5) is 24.3. The molecule has 7 nitrogen and oxygen atoms in total. The van der Waals surface area contributed by atoms with Crippen LogP contribution in [-0.2, 0) is 6.54 Å². The van der Waals surface area contributed by atoms with E-state index in [1.807, 2.05) is 48.6 Å². The van der Waals surface area contributed by atoms with Crippen molar-refractivity contribution in [2.45, 2.75) is 6.54 Å². The normalized spacial score (nSPS) is 10.8. The van der Waals surface area contributed by atoms with Gasteiger partial charge in [0.1, 0.15) is 11.6 Å². The second kappa shape index (κ2) is 8.42. The maximum atomic E-state index is 13.8. The Kier molecular flexibility index (Phi) is 5.53. The first-order chi connectivity index (χ1) is 14.5. The Morgan fingerprint density at radius 2 is 2.07 bits per heavy atom. The standard InChI is InChI=1S/C21H19FN6OS/c1-27(2)19-14(6-4-10-23-19)13-24-21(29)18-25-20(17-9-5-11-30-17)28(26-18)16-8-3-7-15(22)12-16/h3-12H,13H2,1-2H3,(H,24,29). The summed E-state index contributed by atoms with van der Waals surface area (Å²) in [6.45, 7) is 0.281. The lowest BCUT2D eigenvalue weighted by atomic mass is 10.2. The Morgan fingerprint density at radius 1 is 1.20 bits per heavy atom. The molecule has 0 saturated carbocycles. The highest BCUT2D eigenvalue weighted by molar-refractivity contribution is 7.13. The van der Waals surface area contributed by atoms with Crippen LogP contribution in [0.15, 0.2) is 60.1 Å². The van der Waals surface area contributed by atoms with Crippen molar-refractivity contribution in [3.63, 3.8) is 0 Å². The van der Waals surface area contributed by atoms with Gasteiger partial charge in [0.2, 0.25) is 5.82 Å². The predicted molar refractivity (Wildman–Crippen MR) is 114 cm³/mol. The second-order valence-corrected chi connectivity index (χ2v) is 7.64. The topological polar surface area (TPSA) is 75.9 Å². The molecule has 4 rings (SSSR count). The van der Waals surface area contributed by atoms with Gasteiger partial charge in [-0.25, -0.2) is 19.0 Å². The van der Waals surface area contributed by atoms with Crippen molar-refractivity contribution in [3.8, 4) is 16.4 Å². The quantitative estimate of drug-likeness (QED) is 0.515. The molecule has 1 amide bonds. The number of halogens is 1. The monoisotopic (exact) mass is 422 g/mol. The molecule has 152 valence electrons. The van der Waals surface area contributed by atoms with Gasteiger partial charge < -0.3 is 10.2 Å². The van der Waals surface area contributed by atoms with Crippen molar-refractivity contribution in [1.82, 2.24) is 25.1 Å². The lowest BCUT2D eigenvalue weighted by Gasteiger charge is -2.15. The third kappa shape index (κ3) is 4.06. The molecule has 0 bridgehead atoms. The Labute approximate surface area is 176 Å². The smallest absolute Gasteiger partial charge is 0.291 e. The molecule has 9 heteroatoms. The second-order valence-electron chi connectivity index (χ2n) is 6.69. The number of benzene rings is 1. The highest BCUT2D eigenvalue weighted by Gasteiger charge is 2.20. The van der Waals surface area contributed by atoms with E-state index in [0.717, 1.165) is 16.3 Å². The SMILES string of the molecule is CN(C)c1ncccc1CNC(=O)c1nc(-c2cccs2)n(-c2cccc(F)c2)n1. The summed E-state index contributed by atoms with van der Waals surface area (Å²) in [6.07, 6.45) is 1.70. The molecular weight excluding hydrogens is 403 g/mol. The number of carbonyl (C=O) groups excluding carboxylic acids is 1. The molecule has 0 fully saturated rings. The minimum absolute atomic E-state index is 0.0120. The molecule has 30 heavy (non-hydrogen) atoms. The molecule has 0 saturated heterocycles. The van der Waals surface area contributed by atoms with Gasteiger partial charge in [0.05, 0.1) is 10.6 Å². The van der Waals surface area contributed by atoms with E-state index in [1.165, 1.54) is 28.2 Å². The van der Waals surface area contributed by atoms with Gasteiger partial charge in [-0.3, -0.25) is 4.79 Å². The van der Waals surface area contributed by atoms with Gasteiger partial charge in [0.25, 0.3) is 5.91 Å². The van der Waals surface area contributed by atoms with Crippen LogP contribution in [0.5, 0.6) is 0 Å². The van der Waals surface area contributed by atoms with E-state index in [2.05, 4.69) is 20.4 Å². The molecule has 3 aromatic heterocycles. The molecule has 0 atom stereocenters. The summed E-state index contributed by atoms with van der Waals surface area (Å²) in [5.74, 6) is 0.458. The zero-order valence-corrected chi connectivity index (χ0v) is 17.2. The predicted octanol–water partition coefficient (Wildman–Crippen LogP) is 3.53. The summed E-state index contributed by atoms with van der Waals surface area (Å²) in [6, 6.07) is 13.5. The van der Waals surface area contributed by atoms with Gasteiger partial charge >= 0.3 is 0 Å². The number of pyridine rings is 1. The molecule has 0 unspecified atom stereocenters.